The summed E-state index contributed by atoms with van der Waals surface area (Å²) >= 11 is 0. The number of rotatable bonds is 2. The Morgan fingerprint density at radius 3 is 1.75 bits per heavy atom. The zero-order chi connectivity index (χ0) is 4.99. The van der Waals surface area contributed by atoms with Gasteiger partial charge in [0.1, 0.15) is 0 Å². The molecule has 0 N–H and O–H groups in total. The van der Waals surface area contributed by atoms with Crippen LogP contribution in [-0.2, 0) is 4.52 Å². The molecule has 0 aliphatic heterocycles. The van der Waals surface area contributed by atoms with Crippen LogP contribution in [-0.4, -0.2) is 6.61 Å². The van der Waals surface area contributed by atoms with Crippen LogP contribution in [0.3, 0.4) is 0 Å². The molecule has 0 aromatic heterocycles. The van der Waals surface area contributed by atoms with E-state index in [0.29, 0.717) is 0 Å². The maximum atomic E-state index is 9.41. The van der Waals surface area contributed by atoms with Crippen molar-refractivity contribution in [1.29, 1.82) is 0 Å². The van der Waals surface area contributed by atoms with Crippen LogP contribution in [0, 0.1) is 0 Å². The maximum absolute atomic E-state index is 9.41. The molecule has 0 rings (SSSR count). The van der Waals surface area contributed by atoms with Gasteiger partial charge in [0.15, 0.2) is 0 Å². The average molecular weight is 122 g/mol. The van der Waals surface area contributed by atoms with E-state index >= 15 is 0 Å². The van der Waals surface area contributed by atoms with Gasteiger partial charge in [0.2, 0.25) is 0 Å². The minimum absolute atomic E-state index is 0. The molecule has 0 atom stereocenters. The molecule has 3 nitrogen and oxygen atoms in total. The van der Waals surface area contributed by atoms with E-state index in [9.17, 15) is 9.79 Å². The molecule has 8 heavy (non-hydrogen) atoms. The van der Waals surface area contributed by atoms with E-state index in [2.05, 4.69) is 4.52 Å². The first-order chi connectivity index (χ1) is 2.77. The third-order valence-corrected chi connectivity index (χ3v) is 0.704. The molecule has 0 aromatic rings. The average Bonchev–Trinajstić information content (AvgIpc) is 1.35. The molecule has 0 fully saturated rings. The Morgan fingerprint density at radius 1 is 1.38 bits per heavy atom. The van der Waals surface area contributed by atoms with Crippen LogP contribution in [0.5, 0.6) is 0 Å². The van der Waals surface area contributed by atoms with Crippen molar-refractivity contribution < 1.29 is 52.0 Å². The fourth-order valence-corrected chi connectivity index (χ4v) is 0.316. The van der Waals surface area contributed by atoms with E-state index < -0.39 is 8.60 Å². The molecule has 0 amide bonds. The monoisotopic (exact) mass is 122 g/mol. The van der Waals surface area contributed by atoms with Crippen molar-refractivity contribution in [3.8, 4) is 0 Å². The summed E-state index contributed by atoms with van der Waals surface area (Å²) in [4.78, 5) is 18.8. The van der Waals surface area contributed by atoms with E-state index in [4.69, 9.17) is 0 Å². The molecule has 0 aromatic carbocycles. The van der Waals surface area contributed by atoms with Gasteiger partial charge in [-0.2, -0.15) is 8.60 Å². The standard InChI is InChI=1S/C2H5O3P.2Li/c1-2-5-6(3)4;;/h2H2,1H3;;/q-2;2*+1. The van der Waals surface area contributed by atoms with Gasteiger partial charge >= 0.3 is 37.7 Å². The number of hydrogen-bond acceptors (Lipinski definition) is 3. The Labute approximate surface area is 74.2 Å². The molecule has 0 saturated carbocycles. The maximum Gasteiger partial charge on any atom is 1.00 e. The summed E-state index contributed by atoms with van der Waals surface area (Å²) in [6.45, 7) is 1.85. The van der Waals surface area contributed by atoms with Crippen molar-refractivity contribution in [3.05, 3.63) is 0 Å². The van der Waals surface area contributed by atoms with Gasteiger partial charge in [-0.25, -0.2) is 0 Å². The van der Waals surface area contributed by atoms with Crippen molar-refractivity contribution in [1.82, 2.24) is 0 Å². The van der Waals surface area contributed by atoms with E-state index in [0.717, 1.165) is 0 Å². The smallest absolute Gasteiger partial charge is 0.820 e. The quantitative estimate of drug-likeness (QED) is 0.270. The zero-order valence-electron chi connectivity index (χ0n) is 5.38. The first-order valence-corrected chi connectivity index (χ1v) is 2.64. The minimum Gasteiger partial charge on any atom is -0.820 e. The molecule has 38 valence electrons. The van der Waals surface area contributed by atoms with Gasteiger partial charge < -0.3 is 14.3 Å². The predicted molar refractivity (Wildman–Crippen MR) is 18.5 cm³/mol. The van der Waals surface area contributed by atoms with Gasteiger partial charge in [-0.3, -0.25) is 0 Å². The van der Waals surface area contributed by atoms with Crippen LogP contribution in [0.2, 0.25) is 0 Å². The SMILES string of the molecule is CCOP([O-])[O-].[Li+].[Li+]. The fourth-order valence-electron chi connectivity index (χ4n) is 0.105. The summed E-state index contributed by atoms with van der Waals surface area (Å²) in [5.74, 6) is 0. The molecule has 0 radical (unpaired) electrons. The predicted octanol–water partition coefficient (Wildman–Crippen LogP) is -7.02. The molecular formula is C2H5Li2O3P. The second-order valence-corrected chi connectivity index (χ2v) is 1.35. The van der Waals surface area contributed by atoms with Crippen LogP contribution in [0.15, 0.2) is 0 Å². The Kier molecular flexibility index (Phi) is 23.0. The van der Waals surface area contributed by atoms with Crippen LogP contribution in [0.4, 0.5) is 0 Å². The first-order valence-electron chi connectivity index (χ1n) is 1.54. The minimum atomic E-state index is -2.60. The molecule has 0 spiro atoms. The Balaban J connectivity index is -0.000000125. The molecule has 0 unspecified atom stereocenters. The third-order valence-electron chi connectivity index (χ3n) is 0.235. The van der Waals surface area contributed by atoms with Crippen molar-refractivity contribution in [2.75, 3.05) is 6.61 Å². The second-order valence-electron chi connectivity index (χ2n) is 0.641. The van der Waals surface area contributed by atoms with E-state index in [1.54, 1.807) is 6.92 Å². The zero-order valence-corrected chi connectivity index (χ0v) is 6.27. The molecule has 0 heterocycles. The van der Waals surface area contributed by atoms with Gasteiger partial charge in [0.25, 0.3) is 0 Å². The van der Waals surface area contributed by atoms with Gasteiger partial charge in [-0.05, 0) is 6.92 Å². The largest absolute Gasteiger partial charge is 1.00 e. The van der Waals surface area contributed by atoms with Crippen LogP contribution < -0.4 is 47.5 Å². The summed E-state index contributed by atoms with van der Waals surface area (Å²) in [6.07, 6.45) is 0. The summed E-state index contributed by atoms with van der Waals surface area (Å²) < 4.78 is 4.00. The van der Waals surface area contributed by atoms with Crippen LogP contribution in [0.1, 0.15) is 6.92 Å². The summed E-state index contributed by atoms with van der Waals surface area (Å²) in [5.41, 5.74) is 0. The molecular weight excluding hydrogens is 117 g/mol. The number of hydrogen-bond donors (Lipinski definition) is 0. The Bertz CT molecular complexity index is 36.5. The normalized spacial score (nSPS) is 7.50. The summed E-state index contributed by atoms with van der Waals surface area (Å²) in [6, 6.07) is 0. The van der Waals surface area contributed by atoms with E-state index in [1.165, 1.54) is 0 Å². The Hall–Kier alpha value is 1.50. The summed E-state index contributed by atoms with van der Waals surface area (Å²) in [5, 5.41) is 0. The molecule has 0 aliphatic carbocycles. The van der Waals surface area contributed by atoms with Crippen LogP contribution in [0.25, 0.3) is 0 Å². The molecule has 0 bridgehead atoms. The molecule has 0 saturated heterocycles. The van der Waals surface area contributed by atoms with Crippen molar-refractivity contribution in [2.24, 2.45) is 0 Å². The topological polar surface area (TPSA) is 55.3 Å². The van der Waals surface area contributed by atoms with Crippen molar-refractivity contribution in [2.45, 2.75) is 6.92 Å². The van der Waals surface area contributed by atoms with Gasteiger partial charge in [0, 0.05) is 6.61 Å². The third kappa shape index (κ3) is 15.6. The van der Waals surface area contributed by atoms with Crippen molar-refractivity contribution >= 4 is 8.60 Å². The van der Waals surface area contributed by atoms with Gasteiger partial charge in [-0.15, -0.1) is 0 Å². The van der Waals surface area contributed by atoms with Crippen molar-refractivity contribution in [3.63, 3.8) is 0 Å². The van der Waals surface area contributed by atoms with Gasteiger partial charge in [-0.1, -0.05) is 0 Å². The Morgan fingerprint density at radius 2 is 1.75 bits per heavy atom. The summed E-state index contributed by atoms with van der Waals surface area (Å²) in [7, 11) is -2.60. The van der Waals surface area contributed by atoms with Gasteiger partial charge in [0.05, 0.1) is 0 Å². The van der Waals surface area contributed by atoms with E-state index in [-0.39, 0.29) is 44.3 Å². The van der Waals surface area contributed by atoms with E-state index in [1.807, 2.05) is 0 Å². The first kappa shape index (κ1) is 16.2. The molecule has 0 aliphatic rings. The molecule has 6 heteroatoms. The second kappa shape index (κ2) is 11.3. The van der Waals surface area contributed by atoms with Crippen LogP contribution >= 0.6 is 8.60 Å². The fraction of sp³-hybridized carbons (Fsp3) is 1.00.